The van der Waals surface area contributed by atoms with Crippen molar-refractivity contribution in [1.29, 1.82) is 0 Å². The highest BCUT2D eigenvalue weighted by atomic mass is 32.2. The third-order valence-corrected chi connectivity index (χ3v) is 9.91. The number of rotatable bonds is 3. The molecule has 0 aromatic heterocycles. The third-order valence-electron chi connectivity index (χ3n) is 6.40. The van der Waals surface area contributed by atoms with Crippen molar-refractivity contribution in [3.63, 3.8) is 0 Å². The average Bonchev–Trinajstić information content (AvgIpc) is 2.68. The highest BCUT2D eigenvalue weighted by Crippen LogP contribution is 2.46. The van der Waals surface area contributed by atoms with Crippen molar-refractivity contribution >= 4 is 19.9 Å². The topological polar surface area (TPSA) is 101 Å². The fourth-order valence-corrected chi connectivity index (χ4v) is 8.24. The normalized spacial score (nSPS) is 24.7. The predicted molar refractivity (Wildman–Crippen MR) is 114 cm³/mol. The SMILES string of the molecule is Cc1cc2c(cc1S(=O)(=O)NC1CCC(O)CC1)S(=O)(=O)c1ccccc1C2(C)C. The van der Waals surface area contributed by atoms with Gasteiger partial charge in [-0.25, -0.2) is 21.6 Å². The van der Waals surface area contributed by atoms with Crippen LogP contribution in [-0.2, 0) is 25.3 Å². The molecule has 2 aliphatic rings. The smallest absolute Gasteiger partial charge is 0.241 e. The Morgan fingerprint density at radius 1 is 1.00 bits per heavy atom. The van der Waals surface area contributed by atoms with Gasteiger partial charge in [-0.2, -0.15) is 0 Å². The molecule has 1 saturated carbocycles. The first kappa shape index (κ1) is 21.5. The van der Waals surface area contributed by atoms with Crippen LogP contribution < -0.4 is 4.72 Å². The molecule has 0 bridgehead atoms. The number of sulfonamides is 1. The van der Waals surface area contributed by atoms with Gasteiger partial charge in [-0.05, 0) is 61.4 Å². The van der Waals surface area contributed by atoms with Crippen LogP contribution in [0.4, 0.5) is 0 Å². The molecule has 2 N–H and O–H groups in total. The molecule has 2 aromatic carbocycles. The standard InChI is InChI=1S/C22H27NO5S2/c1-14-12-18-21(29(25,26)19-7-5-4-6-17(19)22(18,2)3)13-20(14)30(27,28)23-15-8-10-16(24)11-9-15/h4-7,12-13,15-16,23-24H,8-11H2,1-3H3. The predicted octanol–water partition coefficient (Wildman–Crippen LogP) is 3.05. The molecule has 1 aliphatic carbocycles. The van der Waals surface area contributed by atoms with Gasteiger partial charge in [-0.3, -0.25) is 0 Å². The van der Waals surface area contributed by atoms with E-state index in [4.69, 9.17) is 0 Å². The Kier molecular flexibility index (Phi) is 5.12. The average molecular weight is 450 g/mol. The van der Waals surface area contributed by atoms with E-state index in [0.29, 0.717) is 42.4 Å². The van der Waals surface area contributed by atoms with Crippen LogP contribution in [0.2, 0.25) is 0 Å². The van der Waals surface area contributed by atoms with Crippen molar-refractivity contribution in [2.75, 3.05) is 0 Å². The summed E-state index contributed by atoms with van der Waals surface area (Å²) in [7, 11) is -7.74. The molecule has 1 fully saturated rings. The number of aliphatic hydroxyl groups is 1. The maximum absolute atomic E-state index is 13.4. The van der Waals surface area contributed by atoms with E-state index in [1.54, 1.807) is 25.1 Å². The lowest BCUT2D eigenvalue weighted by Crippen LogP contribution is -2.39. The van der Waals surface area contributed by atoms with Gasteiger partial charge < -0.3 is 5.11 Å². The van der Waals surface area contributed by atoms with Crippen LogP contribution in [0.5, 0.6) is 0 Å². The van der Waals surface area contributed by atoms with Crippen LogP contribution in [0.15, 0.2) is 51.1 Å². The number of aryl methyl sites for hydroxylation is 1. The lowest BCUT2D eigenvalue weighted by molar-refractivity contribution is 0.120. The Morgan fingerprint density at radius 3 is 2.30 bits per heavy atom. The van der Waals surface area contributed by atoms with Gasteiger partial charge in [-0.15, -0.1) is 0 Å². The van der Waals surface area contributed by atoms with E-state index in [9.17, 15) is 21.9 Å². The van der Waals surface area contributed by atoms with Gasteiger partial charge in [0.1, 0.15) is 0 Å². The number of hydrogen-bond acceptors (Lipinski definition) is 5. The monoisotopic (exact) mass is 449 g/mol. The maximum atomic E-state index is 13.4. The van der Waals surface area contributed by atoms with E-state index < -0.39 is 25.3 Å². The number of benzene rings is 2. The van der Waals surface area contributed by atoms with Crippen molar-refractivity contribution in [3.8, 4) is 0 Å². The van der Waals surface area contributed by atoms with E-state index in [1.165, 1.54) is 6.07 Å². The van der Waals surface area contributed by atoms with Gasteiger partial charge in [0.15, 0.2) is 0 Å². The summed E-state index contributed by atoms with van der Waals surface area (Å²) in [4.78, 5) is 0.270. The zero-order chi connectivity index (χ0) is 21.9. The molecule has 6 nitrogen and oxygen atoms in total. The molecule has 162 valence electrons. The number of hydrogen-bond donors (Lipinski definition) is 2. The first-order chi connectivity index (χ1) is 13.9. The van der Waals surface area contributed by atoms with Crippen molar-refractivity contribution in [3.05, 3.63) is 53.1 Å². The van der Waals surface area contributed by atoms with Crippen LogP contribution in [0.1, 0.15) is 56.2 Å². The van der Waals surface area contributed by atoms with Crippen LogP contribution in [0.3, 0.4) is 0 Å². The summed E-state index contributed by atoms with van der Waals surface area (Å²) in [5.74, 6) is 0. The fraction of sp³-hybridized carbons (Fsp3) is 0.455. The Balaban J connectivity index is 1.82. The summed E-state index contributed by atoms with van der Waals surface area (Å²) >= 11 is 0. The van der Waals surface area contributed by atoms with E-state index in [1.807, 2.05) is 26.0 Å². The number of sulfone groups is 1. The Hall–Kier alpha value is -1.74. The summed E-state index contributed by atoms with van der Waals surface area (Å²) in [6, 6.07) is 9.64. The molecule has 0 amide bonds. The summed E-state index contributed by atoms with van der Waals surface area (Å²) in [5, 5.41) is 9.66. The number of nitrogens with one attached hydrogen (secondary N) is 1. The molecular weight excluding hydrogens is 422 g/mol. The van der Waals surface area contributed by atoms with Crippen LogP contribution in [-0.4, -0.2) is 34.1 Å². The van der Waals surface area contributed by atoms with Gasteiger partial charge in [-0.1, -0.05) is 38.1 Å². The van der Waals surface area contributed by atoms with Crippen molar-refractivity contribution in [1.82, 2.24) is 4.72 Å². The van der Waals surface area contributed by atoms with Crippen LogP contribution >= 0.6 is 0 Å². The molecule has 0 spiro atoms. The molecule has 4 rings (SSSR count). The second-order valence-electron chi connectivity index (χ2n) is 8.87. The molecule has 0 unspecified atom stereocenters. The summed E-state index contributed by atoms with van der Waals surface area (Å²) in [5.41, 5.74) is 1.27. The largest absolute Gasteiger partial charge is 0.393 e. The third kappa shape index (κ3) is 3.39. The van der Waals surface area contributed by atoms with Crippen molar-refractivity contribution < 1.29 is 21.9 Å². The second-order valence-corrected chi connectivity index (χ2v) is 12.4. The summed E-state index contributed by atoms with van der Waals surface area (Å²) in [6.45, 7) is 5.61. The minimum atomic E-state index is -3.90. The Morgan fingerprint density at radius 2 is 1.63 bits per heavy atom. The van der Waals surface area contributed by atoms with Gasteiger partial charge in [0.2, 0.25) is 19.9 Å². The minimum Gasteiger partial charge on any atom is -0.393 e. The van der Waals surface area contributed by atoms with E-state index >= 15 is 0 Å². The van der Waals surface area contributed by atoms with Crippen LogP contribution in [0.25, 0.3) is 0 Å². The van der Waals surface area contributed by atoms with Gasteiger partial charge >= 0.3 is 0 Å². The van der Waals surface area contributed by atoms with E-state index in [0.717, 1.165) is 0 Å². The van der Waals surface area contributed by atoms with E-state index in [2.05, 4.69) is 4.72 Å². The molecule has 1 heterocycles. The van der Waals surface area contributed by atoms with Gasteiger partial charge in [0.05, 0.1) is 20.8 Å². The molecule has 0 saturated heterocycles. The molecule has 30 heavy (non-hydrogen) atoms. The van der Waals surface area contributed by atoms with E-state index in [-0.39, 0.29) is 26.8 Å². The maximum Gasteiger partial charge on any atom is 0.241 e. The number of fused-ring (bicyclic) bond motifs is 2. The molecule has 2 aromatic rings. The first-order valence-corrected chi connectivity index (χ1v) is 13.1. The highest BCUT2D eigenvalue weighted by molar-refractivity contribution is 7.92. The first-order valence-electron chi connectivity index (χ1n) is 10.1. The zero-order valence-corrected chi connectivity index (χ0v) is 19.0. The Bertz CT molecular complexity index is 1210. The molecule has 1 aliphatic heterocycles. The van der Waals surface area contributed by atoms with Crippen molar-refractivity contribution in [2.24, 2.45) is 0 Å². The molecular formula is C22H27NO5S2. The van der Waals surface area contributed by atoms with Crippen LogP contribution in [0, 0.1) is 6.92 Å². The summed E-state index contributed by atoms with van der Waals surface area (Å²) < 4.78 is 55.7. The quantitative estimate of drug-likeness (QED) is 0.750. The molecule has 0 radical (unpaired) electrons. The number of aliphatic hydroxyl groups excluding tert-OH is 1. The fourth-order valence-electron chi connectivity index (χ4n) is 4.63. The van der Waals surface area contributed by atoms with Gasteiger partial charge in [0.25, 0.3) is 0 Å². The molecule has 0 atom stereocenters. The highest BCUT2D eigenvalue weighted by Gasteiger charge is 2.41. The Labute approximate surface area is 178 Å². The lowest BCUT2D eigenvalue weighted by Gasteiger charge is -2.35. The van der Waals surface area contributed by atoms with Crippen molar-refractivity contribution in [2.45, 2.75) is 78.7 Å². The molecule has 8 heteroatoms. The summed E-state index contributed by atoms with van der Waals surface area (Å²) in [6.07, 6.45) is 1.83. The second kappa shape index (κ2) is 7.15. The minimum absolute atomic E-state index is 0.00821. The zero-order valence-electron chi connectivity index (χ0n) is 17.3. The van der Waals surface area contributed by atoms with Gasteiger partial charge in [0, 0.05) is 11.5 Å². The lowest BCUT2D eigenvalue weighted by atomic mass is 9.77.